The van der Waals surface area contributed by atoms with E-state index in [4.69, 9.17) is 32.7 Å². The van der Waals surface area contributed by atoms with Crippen LogP contribution in [0.4, 0.5) is 5.69 Å². The predicted octanol–water partition coefficient (Wildman–Crippen LogP) is 2.64. The largest absolute Gasteiger partial charge is 0.454 e. The fraction of sp³-hybridized carbons (Fsp3) is 0.176. The monoisotopic (exact) mass is 443 g/mol. The van der Waals surface area contributed by atoms with Crippen LogP contribution < -0.4 is 19.2 Å². The van der Waals surface area contributed by atoms with Gasteiger partial charge in [-0.15, -0.1) is 0 Å². The lowest BCUT2D eigenvalue weighted by atomic mass is 10.2. The molecular formula is C17H15Cl2N3O5S. The number of carbonyl (C=O) groups is 1. The number of amides is 1. The summed E-state index contributed by atoms with van der Waals surface area (Å²) < 4.78 is 35.6. The second-order valence-electron chi connectivity index (χ2n) is 5.77. The van der Waals surface area contributed by atoms with Gasteiger partial charge in [0.15, 0.2) is 11.5 Å². The van der Waals surface area contributed by atoms with Crippen molar-refractivity contribution in [1.29, 1.82) is 0 Å². The first-order chi connectivity index (χ1) is 13.2. The van der Waals surface area contributed by atoms with Crippen molar-refractivity contribution in [2.24, 2.45) is 5.10 Å². The lowest BCUT2D eigenvalue weighted by Crippen LogP contribution is -2.39. The number of rotatable bonds is 6. The van der Waals surface area contributed by atoms with Gasteiger partial charge in [-0.25, -0.2) is 13.8 Å². The molecule has 0 aliphatic carbocycles. The summed E-state index contributed by atoms with van der Waals surface area (Å²) in [6.07, 6.45) is 2.37. The summed E-state index contributed by atoms with van der Waals surface area (Å²) in [6.45, 7) is -0.364. The van der Waals surface area contributed by atoms with Crippen LogP contribution in [0.5, 0.6) is 11.5 Å². The van der Waals surface area contributed by atoms with Gasteiger partial charge in [-0.3, -0.25) is 9.10 Å². The standard InChI is InChI=1S/C17H15Cl2N3O5S/c1-28(24,25)22(14-7-12(18)3-4-13(14)19)9-17(23)21-20-8-11-2-5-15-16(6-11)27-10-26-15/h2-8H,9-10H2,1H3,(H,21,23)/b20-8-. The Balaban J connectivity index is 1.70. The van der Waals surface area contributed by atoms with E-state index in [1.54, 1.807) is 18.2 Å². The quantitative estimate of drug-likeness (QED) is 0.546. The van der Waals surface area contributed by atoms with Crippen LogP contribution in [-0.4, -0.2) is 40.1 Å². The first kappa shape index (κ1) is 20.2. The smallest absolute Gasteiger partial charge is 0.260 e. The lowest BCUT2D eigenvalue weighted by Gasteiger charge is -2.22. The fourth-order valence-corrected chi connectivity index (χ4v) is 3.69. The molecular weight excluding hydrogens is 429 g/mol. The highest BCUT2D eigenvalue weighted by Gasteiger charge is 2.23. The molecule has 0 saturated carbocycles. The third-order valence-corrected chi connectivity index (χ3v) is 5.35. The minimum atomic E-state index is -3.79. The highest BCUT2D eigenvalue weighted by atomic mass is 35.5. The Morgan fingerprint density at radius 2 is 1.96 bits per heavy atom. The number of nitrogens with one attached hydrogen (secondary N) is 1. The summed E-state index contributed by atoms with van der Waals surface area (Å²) in [5, 5.41) is 4.27. The van der Waals surface area contributed by atoms with Gasteiger partial charge in [-0.1, -0.05) is 23.2 Å². The Morgan fingerprint density at radius 3 is 2.71 bits per heavy atom. The summed E-state index contributed by atoms with van der Waals surface area (Å²) in [7, 11) is -3.79. The number of sulfonamides is 1. The van der Waals surface area contributed by atoms with Gasteiger partial charge in [0.2, 0.25) is 16.8 Å². The maximum atomic E-state index is 12.2. The summed E-state index contributed by atoms with van der Waals surface area (Å²) in [5.41, 5.74) is 3.05. The third-order valence-electron chi connectivity index (χ3n) is 3.66. The normalized spacial score (nSPS) is 13.0. The van der Waals surface area contributed by atoms with Crippen LogP contribution in [0.25, 0.3) is 0 Å². The van der Waals surface area contributed by atoms with E-state index in [0.717, 1.165) is 10.6 Å². The van der Waals surface area contributed by atoms with Crippen molar-refractivity contribution < 1.29 is 22.7 Å². The van der Waals surface area contributed by atoms with Crippen molar-refractivity contribution in [1.82, 2.24) is 5.43 Å². The SMILES string of the molecule is CS(=O)(=O)N(CC(=O)N/N=C\c1ccc2c(c1)OCO2)c1cc(Cl)ccc1Cl. The number of benzene rings is 2. The third kappa shape index (κ3) is 4.86. The van der Waals surface area contributed by atoms with E-state index in [-0.39, 0.29) is 22.5 Å². The molecule has 0 saturated heterocycles. The maximum absolute atomic E-state index is 12.2. The Bertz CT molecular complexity index is 1040. The van der Waals surface area contributed by atoms with Crippen molar-refractivity contribution in [2.45, 2.75) is 0 Å². The van der Waals surface area contributed by atoms with Crippen LogP contribution in [0.1, 0.15) is 5.56 Å². The zero-order valence-electron chi connectivity index (χ0n) is 14.6. The van der Waals surface area contributed by atoms with Crippen LogP contribution in [-0.2, 0) is 14.8 Å². The molecule has 3 rings (SSSR count). The number of fused-ring (bicyclic) bond motifs is 1. The molecule has 0 fully saturated rings. The molecule has 1 aliphatic rings. The molecule has 11 heteroatoms. The molecule has 1 heterocycles. The van der Waals surface area contributed by atoms with Gasteiger partial charge in [0.05, 0.1) is 23.2 Å². The second-order valence-corrected chi connectivity index (χ2v) is 8.52. The molecule has 0 aromatic heterocycles. The molecule has 1 N–H and O–H groups in total. The van der Waals surface area contributed by atoms with Crippen molar-refractivity contribution in [2.75, 3.05) is 23.9 Å². The molecule has 28 heavy (non-hydrogen) atoms. The van der Waals surface area contributed by atoms with E-state index >= 15 is 0 Å². The molecule has 2 aromatic carbocycles. The van der Waals surface area contributed by atoms with Gasteiger partial charge in [0, 0.05) is 5.02 Å². The molecule has 0 atom stereocenters. The number of anilines is 1. The van der Waals surface area contributed by atoms with Crippen LogP contribution in [0.15, 0.2) is 41.5 Å². The molecule has 8 nitrogen and oxygen atoms in total. The minimum Gasteiger partial charge on any atom is -0.454 e. The highest BCUT2D eigenvalue weighted by Crippen LogP contribution is 2.32. The predicted molar refractivity (Wildman–Crippen MR) is 107 cm³/mol. The topological polar surface area (TPSA) is 97.3 Å². The Labute approximate surface area is 171 Å². The van der Waals surface area contributed by atoms with Gasteiger partial charge in [-0.2, -0.15) is 5.10 Å². The Hall–Kier alpha value is -2.49. The fourth-order valence-electron chi connectivity index (χ4n) is 2.40. The number of hydrogen-bond acceptors (Lipinski definition) is 6. The van der Waals surface area contributed by atoms with E-state index < -0.39 is 22.5 Å². The summed E-state index contributed by atoms with van der Waals surface area (Å²) in [4.78, 5) is 12.2. The first-order valence-electron chi connectivity index (χ1n) is 7.88. The maximum Gasteiger partial charge on any atom is 0.260 e. The number of halogens is 2. The number of ether oxygens (including phenoxy) is 2. The van der Waals surface area contributed by atoms with Gasteiger partial charge >= 0.3 is 0 Å². The van der Waals surface area contributed by atoms with E-state index in [0.29, 0.717) is 17.1 Å². The zero-order valence-corrected chi connectivity index (χ0v) is 16.9. The lowest BCUT2D eigenvalue weighted by molar-refractivity contribution is -0.119. The van der Waals surface area contributed by atoms with Gasteiger partial charge in [-0.05, 0) is 42.0 Å². The minimum absolute atomic E-state index is 0.103. The number of carbonyl (C=O) groups excluding carboxylic acids is 1. The van der Waals surface area contributed by atoms with Gasteiger partial charge in [0.25, 0.3) is 5.91 Å². The number of nitrogens with zero attached hydrogens (tertiary/aromatic N) is 2. The second kappa shape index (κ2) is 8.26. The summed E-state index contributed by atoms with van der Waals surface area (Å²) >= 11 is 12.0. The summed E-state index contributed by atoms with van der Waals surface area (Å²) in [6, 6.07) is 9.49. The zero-order chi connectivity index (χ0) is 20.3. The van der Waals surface area contributed by atoms with Crippen LogP contribution in [0.3, 0.4) is 0 Å². The molecule has 0 spiro atoms. The number of hydrogen-bond donors (Lipinski definition) is 1. The van der Waals surface area contributed by atoms with Crippen molar-refractivity contribution in [3.8, 4) is 11.5 Å². The Morgan fingerprint density at radius 1 is 1.21 bits per heavy atom. The molecule has 0 bridgehead atoms. The molecule has 1 aliphatic heterocycles. The molecule has 148 valence electrons. The van der Waals surface area contributed by atoms with E-state index in [1.165, 1.54) is 24.4 Å². The average Bonchev–Trinajstić information content (AvgIpc) is 3.09. The van der Waals surface area contributed by atoms with E-state index in [9.17, 15) is 13.2 Å². The van der Waals surface area contributed by atoms with Crippen molar-refractivity contribution in [3.63, 3.8) is 0 Å². The van der Waals surface area contributed by atoms with E-state index in [1.807, 2.05) is 0 Å². The number of hydrazone groups is 1. The van der Waals surface area contributed by atoms with E-state index in [2.05, 4.69) is 10.5 Å². The average molecular weight is 444 g/mol. The van der Waals surface area contributed by atoms with Crippen LogP contribution >= 0.6 is 23.2 Å². The summed E-state index contributed by atoms with van der Waals surface area (Å²) in [5.74, 6) is 0.552. The van der Waals surface area contributed by atoms with Gasteiger partial charge < -0.3 is 9.47 Å². The first-order valence-corrected chi connectivity index (χ1v) is 10.5. The Kier molecular flexibility index (Phi) is 5.97. The van der Waals surface area contributed by atoms with Crippen molar-refractivity contribution >= 4 is 51.0 Å². The highest BCUT2D eigenvalue weighted by molar-refractivity contribution is 7.92. The van der Waals surface area contributed by atoms with Crippen molar-refractivity contribution in [3.05, 3.63) is 52.0 Å². The van der Waals surface area contributed by atoms with Gasteiger partial charge in [0.1, 0.15) is 6.54 Å². The molecule has 1 amide bonds. The molecule has 2 aromatic rings. The van der Waals surface area contributed by atoms with Crippen LogP contribution in [0.2, 0.25) is 10.0 Å². The molecule has 0 radical (unpaired) electrons. The van der Waals surface area contributed by atoms with Crippen LogP contribution in [0, 0.1) is 0 Å². The molecule has 0 unspecified atom stereocenters.